The van der Waals surface area contributed by atoms with Gasteiger partial charge >= 0.3 is 0 Å². The Morgan fingerprint density at radius 1 is 1.13 bits per heavy atom. The highest BCUT2D eigenvalue weighted by atomic mass is 19.1. The monoisotopic (exact) mass is 309 g/mol. The van der Waals surface area contributed by atoms with E-state index >= 15 is 0 Å². The lowest BCUT2D eigenvalue weighted by atomic mass is 10.2. The fourth-order valence-electron chi connectivity index (χ4n) is 2.44. The number of aromatic nitrogens is 3. The van der Waals surface area contributed by atoms with Crippen molar-refractivity contribution in [2.45, 2.75) is 0 Å². The molecule has 0 radical (unpaired) electrons. The van der Waals surface area contributed by atoms with Gasteiger partial charge < -0.3 is 14.2 Å². The maximum Gasteiger partial charge on any atom is 0.274 e. The molecule has 1 N–H and O–H groups in total. The van der Waals surface area contributed by atoms with Crippen LogP contribution in [-0.2, 0) is 0 Å². The topological polar surface area (TPSA) is 63.9 Å². The summed E-state index contributed by atoms with van der Waals surface area (Å²) >= 11 is 0. The number of para-hydroxylation sites is 1. The fraction of sp³-hybridized carbons (Fsp3) is 0.0588. The predicted molar refractivity (Wildman–Crippen MR) is 83.5 cm³/mol. The molecule has 2 heterocycles. The van der Waals surface area contributed by atoms with Gasteiger partial charge in [0.05, 0.1) is 7.11 Å². The van der Waals surface area contributed by atoms with Crippen LogP contribution < -0.4 is 4.74 Å². The molecule has 2 aromatic heterocycles. The smallest absolute Gasteiger partial charge is 0.274 e. The third-order valence-corrected chi connectivity index (χ3v) is 3.60. The lowest BCUT2D eigenvalue weighted by molar-refractivity contribution is 0.386. The molecular weight excluding hydrogens is 297 g/mol. The first-order valence-electron chi connectivity index (χ1n) is 7.00. The Bertz CT molecular complexity index is 957. The summed E-state index contributed by atoms with van der Waals surface area (Å²) in [6, 6.07) is 14.3. The van der Waals surface area contributed by atoms with Crippen LogP contribution in [0.4, 0.5) is 4.39 Å². The summed E-state index contributed by atoms with van der Waals surface area (Å²) in [7, 11) is 1.42. The van der Waals surface area contributed by atoms with E-state index in [0.717, 1.165) is 16.6 Å². The number of fused-ring (bicyclic) bond motifs is 1. The number of H-pyrrole nitrogens is 1. The minimum Gasteiger partial charge on any atom is -0.494 e. The van der Waals surface area contributed by atoms with Gasteiger partial charge in [0.1, 0.15) is 5.69 Å². The van der Waals surface area contributed by atoms with Crippen LogP contribution in [0.3, 0.4) is 0 Å². The summed E-state index contributed by atoms with van der Waals surface area (Å²) in [5.74, 6) is 0.377. The van der Waals surface area contributed by atoms with Crippen molar-refractivity contribution in [3.63, 3.8) is 0 Å². The number of nitrogens with one attached hydrogen (secondary N) is 1. The van der Waals surface area contributed by atoms with E-state index in [-0.39, 0.29) is 5.75 Å². The quantitative estimate of drug-likeness (QED) is 0.620. The summed E-state index contributed by atoms with van der Waals surface area (Å²) in [5.41, 5.74) is 2.23. The van der Waals surface area contributed by atoms with Crippen molar-refractivity contribution in [2.75, 3.05) is 7.11 Å². The van der Waals surface area contributed by atoms with Crippen LogP contribution in [0.5, 0.6) is 5.75 Å². The summed E-state index contributed by atoms with van der Waals surface area (Å²) in [4.78, 5) is 7.54. The second-order valence-corrected chi connectivity index (χ2v) is 5.04. The van der Waals surface area contributed by atoms with E-state index < -0.39 is 5.82 Å². The molecule has 0 amide bonds. The van der Waals surface area contributed by atoms with Gasteiger partial charge in [0.15, 0.2) is 11.6 Å². The molecule has 6 heteroatoms. The molecule has 114 valence electrons. The second-order valence-electron chi connectivity index (χ2n) is 5.04. The van der Waals surface area contributed by atoms with Gasteiger partial charge in [-0.2, -0.15) is 4.98 Å². The number of benzene rings is 2. The highest BCUT2D eigenvalue weighted by molar-refractivity contribution is 5.84. The van der Waals surface area contributed by atoms with Crippen LogP contribution in [0.25, 0.3) is 33.9 Å². The molecule has 23 heavy (non-hydrogen) atoms. The first kappa shape index (κ1) is 13.5. The van der Waals surface area contributed by atoms with Crippen molar-refractivity contribution in [1.29, 1.82) is 0 Å². The number of hydrogen-bond donors (Lipinski definition) is 1. The molecule has 0 saturated heterocycles. The van der Waals surface area contributed by atoms with Crippen LogP contribution in [0.15, 0.2) is 53.1 Å². The van der Waals surface area contributed by atoms with Crippen LogP contribution in [-0.4, -0.2) is 22.2 Å². The molecule has 5 nitrogen and oxygen atoms in total. The number of rotatable bonds is 3. The lowest BCUT2D eigenvalue weighted by Gasteiger charge is -2.01. The second kappa shape index (κ2) is 5.24. The van der Waals surface area contributed by atoms with Crippen molar-refractivity contribution in [3.05, 3.63) is 54.3 Å². The zero-order valence-electron chi connectivity index (χ0n) is 12.2. The lowest BCUT2D eigenvalue weighted by Crippen LogP contribution is -1.89. The maximum atomic E-state index is 13.8. The molecule has 4 aromatic rings. The van der Waals surface area contributed by atoms with E-state index in [9.17, 15) is 4.39 Å². The number of halogens is 1. The summed E-state index contributed by atoms with van der Waals surface area (Å²) in [6.07, 6.45) is 0. The van der Waals surface area contributed by atoms with Gasteiger partial charge in [-0.1, -0.05) is 23.4 Å². The van der Waals surface area contributed by atoms with Crippen LogP contribution in [0.2, 0.25) is 0 Å². The van der Waals surface area contributed by atoms with Crippen molar-refractivity contribution >= 4 is 10.9 Å². The van der Waals surface area contributed by atoms with Crippen LogP contribution in [0, 0.1) is 5.82 Å². The number of ether oxygens (including phenoxy) is 1. The van der Waals surface area contributed by atoms with Crippen molar-refractivity contribution in [2.24, 2.45) is 0 Å². The van der Waals surface area contributed by atoms with Gasteiger partial charge in [0, 0.05) is 16.5 Å². The fourth-order valence-corrected chi connectivity index (χ4v) is 2.44. The van der Waals surface area contributed by atoms with E-state index in [0.29, 0.717) is 17.3 Å². The zero-order chi connectivity index (χ0) is 15.8. The Morgan fingerprint density at radius 2 is 2.00 bits per heavy atom. The Hall–Kier alpha value is -3.15. The number of nitrogens with zero attached hydrogens (tertiary/aromatic N) is 2. The van der Waals surface area contributed by atoms with E-state index in [1.54, 1.807) is 6.07 Å². The Labute approximate surface area is 130 Å². The Balaban J connectivity index is 1.72. The van der Waals surface area contributed by atoms with Crippen molar-refractivity contribution in [1.82, 2.24) is 15.1 Å². The van der Waals surface area contributed by atoms with Crippen LogP contribution >= 0.6 is 0 Å². The SMILES string of the molecule is COc1ccc(-c2noc(-c3cc4ccccc4[nH]3)n2)cc1F. The molecule has 0 atom stereocenters. The molecule has 0 aliphatic rings. The molecular formula is C17H12FN3O2. The predicted octanol–water partition coefficient (Wildman–Crippen LogP) is 4.03. The Kier molecular flexibility index (Phi) is 3.08. The molecule has 0 saturated carbocycles. The largest absolute Gasteiger partial charge is 0.494 e. The van der Waals surface area contributed by atoms with E-state index in [4.69, 9.17) is 9.26 Å². The van der Waals surface area contributed by atoms with Gasteiger partial charge in [-0.15, -0.1) is 0 Å². The summed E-state index contributed by atoms with van der Waals surface area (Å²) in [5, 5.41) is 4.97. The molecule has 0 aliphatic heterocycles. The molecule has 0 unspecified atom stereocenters. The summed E-state index contributed by atoms with van der Waals surface area (Å²) < 4.78 is 24.0. The first-order valence-corrected chi connectivity index (χ1v) is 7.00. The minimum absolute atomic E-state index is 0.174. The number of aromatic amines is 1. The third-order valence-electron chi connectivity index (χ3n) is 3.60. The first-order chi connectivity index (χ1) is 11.2. The van der Waals surface area contributed by atoms with Crippen LogP contribution in [0.1, 0.15) is 0 Å². The standard InChI is InChI=1S/C17H12FN3O2/c1-22-15-7-6-11(8-12(15)18)16-20-17(23-21-16)14-9-10-4-2-3-5-13(10)19-14/h2-9,19H,1H3. The molecule has 0 fully saturated rings. The maximum absolute atomic E-state index is 13.8. The summed E-state index contributed by atoms with van der Waals surface area (Å²) in [6.45, 7) is 0. The van der Waals surface area contributed by atoms with Gasteiger partial charge in [0.25, 0.3) is 5.89 Å². The molecule has 0 bridgehead atoms. The van der Waals surface area contributed by atoms with Crippen molar-refractivity contribution in [3.8, 4) is 28.7 Å². The zero-order valence-corrected chi connectivity index (χ0v) is 12.2. The molecule has 0 spiro atoms. The molecule has 0 aliphatic carbocycles. The highest BCUT2D eigenvalue weighted by Crippen LogP contribution is 2.27. The highest BCUT2D eigenvalue weighted by Gasteiger charge is 2.14. The van der Waals surface area contributed by atoms with E-state index in [1.165, 1.54) is 19.2 Å². The van der Waals surface area contributed by atoms with Crippen molar-refractivity contribution < 1.29 is 13.7 Å². The molecule has 4 rings (SSSR count). The minimum atomic E-state index is -0.470. The molecule has 2 aromatic carbocycles. The Morgan fingerprint density at radius 3 is 2.78 bits per heavy atom. The van der Waals surface area contributed by atoms with Gasteiger partial charge in [0.2, 0.25) is 5.82 Å². The third kappa shape index (κ3) is 2.34. The van der Waals surface area contributed by atoms with Gasteiger partial charge in [-0.3, -0.25) is 0 Å². The van der Waals surface area contributed by atoms with Gasteiger partial charge in [-0.25, -0.2) is 4.39 Å². The van der Waals surface area contributed by atoms with E-state index in [1.807, 2.05) is 30.3 Å². The normalized spacial score (nSPS) is 11.0. The number of hydrogen-bond acceptors (Lipinski definition) is 4. The van der Waals surface area contributed by atoms with Gasteiger partial charge in [-0.05, 0) is 30.3 Å². The average molecular weight is 309 g/mol. The number of methoxy groups -OCH3 is 1. The average Bonchev–Trinajstić information content (AvgIpc) is 3.21. The van der Waals surface area contributed by atoms with E-state index in [2.05, 4.69) is 15.1 Å².